The van der Waals surface area contributed by atoms with Crippen molar-refractivity contribution in [3.8, 4) is 11.1 Å². The number of carbonyl (C=O) groups is 2. The molecule has 0 bridgehead atoms. The quantitative estimate of drug-likeness (QED) is 0.926. The van der Waals surface area contributed by atoms with E-state index in [2.05, 4.69) is 0 Å². The second kappa shape index (κ2) is 7.53. The largest absolute Gasteiger partial charge is 0.478 e. The topological polar surface area (TPSA) is 57.6 Å². The number of nitrogens with zero attached hydrogens (tertiary/aromatic N) is 1. The van der Waals surface area contributed by atoms with Crippen molar-refractivity contribution >= 4 is 23.6 Å². The van der Waals surface area contributed by atoms with Gasteiger partial charge in [-0.2, -0.15) is 11.8 Å². The Morgan fingerprint density at radius 1 is 0.875 bits per heavy atom. The van der Waals surface area contributed by atoms with Gasteiger partial charge in [0.25, 0.3) is 5.91 Å². The SMILES string of the molecule is O=C(O)c1ccccc1-c1ccccc1C(=O)N1CCCSCC1. The fourth-order valence-electron chi connectivity index (χ4n) is 2.93. The molecule has 1 heterocycles. The Labute approximate surface area is 145 Å². The summed E-state index contributed by atoms with van der Waals surface area (Å²) >= 11 is 1.87. The van der Waals surface area contributed by atoms with Gasteiger partial charge in [-0.05, 0) is 35.4 Å². The number of carboxylic acids is 1. The number of amides is 1. The second-order valence-corrected chi connectivity index (χ2v) is 6.88. The number of hydrogen-bond acceptors (Lipinski definition) is 3. The van der Waals surface area contributed by atoms with E-state index in [0.717, 1.165) is 31.0 Å². The van der Waals surface area contributed by atoms with E-state index in [1.165, 1.54) is 0 Å². The van der Waals surface area contributed by atoms with Crippen LogP contribution < -0.4 is 0 Å². The van der Waals surface area contributed by atoms with E-state index in [9.17, 15) is 14.7 Å². The minimum Gasteiger partial charge on any atom is -0.478 e. The minimum atomic E-state index is -0.987. The number of benzene rings is 2. The summed E-state index contributed by atoms with van der Waals surface area (Å²) in [6.45, 7) is 1.49. The van der Waals surface area contributed by atoms with Crippen molar-refractivity contribution in [1.29, 1.82) is 0 Å². The Balaban J connectivity index is 2.02. The van der Waals surface area contributed by atoms with Crippen LogP contribution in [0.25, 0.3) is 11.1 Å². The average molecular weight is 341 g/mol. The summed E-state index contributed by atoms with van der Waals surface area (Å²) in [5.41, 5.74) is 2.04. The molecule has 5 heteroatoms. The molecule has 0 aromatic heterocycles. The van der Waals surface area contributed by atoms with Gasteiger partial charge in [-0.15, -0.1) is 0 Å². The third kappa shape index (κ3) is 3.46. The molecular weight excluding hydrogens is 322 g/mol. The Bertz CT molecular complexity index is 752. The Kier molecular flexibility index (Phi) is 5.20. The molecule has 0 aliphatic carbocycles. The molecule has 24 heavy (non-hydrogen) atoms. The molecule has 2 aromatic carbocycles. The van der Waals surface area contributed by atoms with Crippen LogP contribution in [-0.4, -0.2) is 46.5 Å². The lowest BCUT2D eigenvalue weighted by Crippen LogP contribution is -2.33. The molecule has 0 unspecified atom stereocenters. The highest BCUT2D eigenvalue weighted by Crippen LogP contribution is 2.28. The lowest BCUT2D eigenvalue weighted by molar-refractivity contribution is 0.0696. The molecule has 1 aliphatic heterocycles. The molecular formula is C19H19NO3S. The van der Waals surface area contributed by atoms with Crippen molar-refractivity contribution in [3.63, 3.8) is 0 Å². The molecule has 1 N–H and O–H groups in total. The van der Waals surface area contributed by atoms with Crippen LogP contribution in [0.4, 0.5) is 0 Å². The van der Waals surface area contributed by atoms with Gasteiger partial charge in [0.2, 0.25) is 0 Å². The van der Waals surface area contributed by atoms with Crippen molar-refractivity contribution in [2.45, 2.75) is 6.42 Å². The van der Waals surface area contributed by atoms with E-state index < -0.39 is 5.97 Å². The van der Waals surface area contributed by atoms with Crippen LogP contribution in [0.1, 0.15) is 27.1 Å². The van der Waals surface area contributed by atoms with Gasteiger partial charge in [0.15, 0.2) is 0 Å². The van der Waals surface area contributed by atoms with E-state index in [0.29, 0.717) is 16.7 Å². The van der Waals surface area contributed by atoms with Gasteiger partial charge >= 0.3 is 5.97 Å². The molecule has 0 saturated carbocycles. The summed E-state index contributed by atoms with van der Waals surface area (Å²) in [4.78, 5) is 26.4. The number of aromatic carboxylic acids is 1. The Morgan fingerprint density at radius 3 is 2.21 bits per heavy atom. The highest BCUT2D eigenvalue weighted by Gasteiger charge is 2.22. The first-order valence-corrected chi connectivity index (χ1v) is 9.12. The maximum atomic E-state index is 13.0. The first kappa shape index (κ1) is 16.6. The summed E-state index contributed by atoms with van der Waals surface area (Å²) in [7, 11) is 0. The molecule has 3 rings (SSSR count). The summed E-state index contributed by atoms with van der Waals surface area (Å²) in [5.74, 6) is 1.01. The van der Waals surface area contributed by atoms with Gasteiger partial charge < -0.3 is 10.0 Å². The van der Waals surface area contributed by atoms with Gasteiger partial charge in [-0.3, -0.25) is 4.79 Å². The van der Waals surface area contributed by atoms with Crippen LogP contribution in [0.15, 0.2) is 48.5 Å². The first-order valence-electron chi connectivity index (χ1n) is 7.97. The zero-order valence-corrected chi connectivity index (χ0v) is 14.1. The number of thioether (sulfide) groups is 1. The molecule has 0 spiro atoms. The highest BCUT2D eigenvalue weighted by molar-refractivity contribution is 7.99. The first-order chi connectivity index (χ1) is 11.7. The standard InChI is InChI=1S/C19H19NO3S/c21-18(20-10-5-12-24-13-11-20)16-8-3-1-6-14(16)15-7-2-4-9-17(15)19(22)23/h1-4,6-9H,5,10-13H2,(H,22,23). The van der Waals surface area contributed by atoms with Crippen LogP contribution in [-0.2, 0) is 0 Å². The molecule has 1 fully saturated rings. The number of carboxylic acid groups (broad SMARTS) is 1. The maximum Gasteiger partial charge on any atom is 0.336 e. The predicted octanol–water partition coefficient (Wildman–Crippen LogP) is 3.63. The molecule has 1 aliphatic rings. The van der Waals surface area contributed by atoms with E-state index >= 15 is 0 Å². The molecule has 2 aromatic rings. The fourth-order valence-corrected chi connectivity index (χ4v) is 3.82. The van der Waals surface area contributed by atoms with Crippen LogP contribution >= 0.6 is 11.8 Å². The van der Waals surface area contributed by atoms with Crippen molar-refractivity contribution in [2.75, 3.05) is 24.6 Å². The predicted molar refractivity (Wildman–Crippen MR) is 96.7 cm³/mol. The Hall–Kier alpha value is -2.27. The summed E-state index contributed by atoms with van der Waals surface area (Å²) < 4.78 is 0. The average Bonchev–Trinajstić information content (AvgIpc) is 2.90. The lowest BCUT2D eigenvalue weighted by atomic mass is 9.94. The van der Waals surface area contributed by atoms with Gasteiger partial charge in [0.05, 0.1) is 5.56 Å². The molecule has 0 radical (unpaired) electrons. The molecule has 1 amide bonds. The van der Waals surface area contributed by atoms with Gasteiger partial charge in [-0.25, -0.2) is 4.79 Å². The number of carbonyl (C=O) groups excluding carboxylic acids is 1. The van der Waals surface area contributed by atoms with E-state index in [1.807, 2.05) is 34.9 Å². The van der Waals surface area contributed by atoms with Gasteiger partial charge in [-0.1, -0.05) is 36.4 Å². The number of rotatable bonds is 3. The van der Waals surface area contributed by atoms with E-state index in [-0.39, 0.29) is 11.5 Å². The van der Waals surface area contributed by atoms with Crippen molar-refractivity contribution in [1.82, 2.24) is 4.90 Å². The van der Waals surface area contributed by atoms with Crippen LogP contribution in [0.5, 0.6) is 0 Å². The molecule has 124 valence electrons. The van der Waals surface area contributed by atoms with Gasteiger partial charge in [0.1, 0.15) is 0 Å². The van der Waals surface area contributed by atoms with Crippen molar-refractivity contribution < 1.29 is 14.7 Å². The van der Waals surface area contributed by atoms with Crippen LogP contribution in [0, 0.1) is 0 Å². The maximum absolute atomic E-state index is 13.0. The third-order valence-electron chi connectivity index (χ3n) is 4.11. The summed E-state index contributed by atoms with van der Waals surface area (Å²) in [6.07, 6.45) is 0.990. The molecule has 1 saturated heterocycles. The third-order valence-corrected chi connectivity index (χ3v) is 5.16. The highest BCUT2D eigenvalue weighted by atomic mass is 32.2. The van der Waals surface area contributed by atoms with Crippen LogP contribution in [0.3, 0.4) is 0 Å². The normalized spacial score (nSPS) is 14.9. The number of hydrogen-bond donors (Lipinski definition) is 1. The van der Waals surface area contributed by atoms with Crippen molar-refractivity contribution in [2.24, 2.45) is 0 Å². The van der Waals surface area contributed by atoms with Gasteiger partial charge in [0, 0.05) is 24.4 Å². The summed E-state index contributed by atoms with van der Waals surface area (Å²) in [6, 6.07) is 14.1. The lowest BCUT2D eigenvalue weighted by Gasteiger charge is -2.22. The zero-order valence-electron chi connectivity index (χ0n) is 13.3. The van der Waals surface area contributed by atoms with Crippen LogP contribution in [0.2, 0.25) is 0 Å². The fraction of sp³-hybridized carbons (Fsp3) is 0.263. The van der Waals surface area contributed by atoms with E-state index in [1.54, 1.807) is 30.3 Å². The van der Waals surface area contributed by atoms with Crippen molar-refractivity contribution in [3.05, 3.63) is 59.7 Å². The molecule has 4 nitrogen and oxygen atoms in total. The summed E-state index contributed by atoms with van der Waals surface area (Å²) in [5, 5.41) is 9.44. The Morgan fingerprint density at radius 2 is 1.50 bits per heavy atom. The van der Waals surface area contributed by atoms with E-state index in [4.69, 9.17) is 0 Å². The smallest absolute Gasteiger partial charge is 0.336 e. The second-order valence-electron chi connectivity index (χ2n) is 5.65. The minimum absolute atomic E-state index is 0.0201. The zero-order chi connectivity index (χ0) is 16.9. The molecule has 0 atom stereocenters. The monoisotopic (exact) mass is 341 g/mol.